The van der Waals surface area contributed by atoms with Crippen molar-refractivity contribution < 1.29 is 13.6 Å². The number of amides is 1. The Kier molecular flexibility index (Phi) is 5.62. The molecule has 3 aromatic rings. The van der Waals surface area contributed by atoms with Gasteiger partial charge in [0.15, 0.2) is 5.65 Å². The largest absolute Gasteiger partial charge is 0.368 e. The summed E-state index contributed by atoms with van der Waals surface area (Å²) in [4.78, 5) is 31.3. The highest BCUT2D eigenvalue weighted by molar-refractivity contribution is 5.97. The number of rotatable bonds is 5. The summed E-state index contributed by atoms with van der Waals surface area (Å²) in [6.45, 7) is 3.90. The number of fused-ring (bicyclic) bond motifs is 4. The quantitative estimate of drug-likeness (QED) is 0.559. The number of carbonyl (C=O) groups excluding carboxylic acids is 1. The molecule has 2 bridgehead atoms. The summed E-state index contributed by atoms with van der Waals surface area (Å²) in [6.07, 6.45) is 7.29. The van der Waals surface area contributed by atoms with Crippen molar-refractivity contribution in [1.82, 2.24) is 14.9 Å². The molecule has 3 aliphatic rings. The molecule has 3 fully saturated rings. The van der Waals surface area contributed by atoms with Crippen LogP contribution in [0.15, 0.2) is 41.3 Å². The van der Waals surface area contributed by atoms with E-state index in [4.69, 9.17) is 0 Å². The second-order valence-electron chi connectivity index (χ2n) is 9.92. The minimum Gasteiger partial charge on any atom is -0.368 e. The number of anilines is 1. The van der Waals surface area contributed by atoms with E-state index in [9.17, 15) is 18.4 Å². The lowest BCUT2D eigenvalue weighted by Crippen LogP contribution is -2.54. The first kappa shape index (κ1) is 22.5. The normalized spacial score (nSPS) is 21.7. The fourth-order valence-electron chi connectivity index (χ4n) is 5.35. The monoisotopic (exact) mass is 466 g/mol. The van der Waals surface area contributed by atoms with Gasteiger partial charge in [0.1, 0.15) is 23.0 Å². The summed E-state index contributed by atoms with van der Waals surface area (Å²) in [6, 6.07) is 6.53. The highest BCUT2D eigenvalue weighted by Gasteiger charge is 2.41. The summed E-state index contributed by atoms with van der Waals surface area (Å²) >= 11 is 0. The fourth-order valence-corrected chi connectivity index (χ4v) is 5.35. The SMILES string of the molecule is CC(C)Nc1ccc2c(=O)c(C(=O)NC34CCC(CC3)CC4)cn(-c3ccc(F)cc3F)c2n1. The maximum absolute atomic E-state index is 14.8. The molecule has 6 rings (SSSR count). The highest BCUT2D eigenvalue weighted by Crippen LogP contribution is 2.44. The molecular formula is C26H28F2N4O2. The van der Waals surface area contributed by atoms with Gasteiger partial charge in [0.2, 0.25) is 5.43 Å². The number of halogens is 2. The van der Waals surface area contributed by atoms with E-state index in [1.807, 2.05) is 13.8 Å². The van der Waals surface area contributed by atoms with Gasteiger partial charge in [0, 0.05) is 23.8 Å². The van der Waals surface area contributed by atoms with Gasteiger partial charge in [-0.1, -0.05) is 0 Å². The average molecular weight is 467 g/mol. The Morgan fingerprint density at radius 3 is 2.47 bits per heavy atom. The lowest BCUT2D eigenvalue weighted by atomic mass is 9.66. The number of pyridine rings is 2. The van der Waals surface area contributed by atoms with Crippen LogP contribution in [-0.4, -0.2) is 27.0 Å². The number of hydrogen-bond donors (Lipinski definition) is 2. The van der Waals surface area contributed by atoms with Crippen LogP contribution < -0.4 is 16.1 Å². The highest BCUT2D eigenvalue weighted by atomic mass is 19.1. The zero-order valence-corrected chi connectivity index (χ0v) is 19.3. The Morgan fingerprint density at radius 2 is 1.82 bits per heavy atom. The second-order valence-corrected chi connectivity index (χ2v) is 9.92. The number of nitrogens with zero attached hydrogens (tertiary/aromatic N) is 2. The molecule has 0 aliphatic heterocycles. The third-order valence-electron chi connectivity index (χ3n) is 7.17. The van der Waals surface area contributed by atoms with Crippen LogP contribution in [-0.2, 0) is 0 Å². The lowest BCUT2D eigenvalue weighted by Gasteiger charge is -2.47. The Balaban J connectivity index is 1.64. The van der Waals surface area contributed by atoms with E-state index in [-0.39, 0.29) is 33.9 Å². The summed E-state index contributed by atoms with van der Waals surface area (Å²) in [5.41, 5.74) is -0.636. The van der Waals surface area contributed by atoms with Crippen molar-refractivity contribution in [1.29, 1.82) is 0 Å². The molecule has 2 heterocycles. The van der Waals surface area contributed by atoms with Crippen LogP contribution in [0, 0.1) is 17.6 Å². The van der Waals surface area contributed by atoms with E-state index in [1.54, 1.807) is 12.1 Å². The molecule has 8 heteroatoms. The van der Waals surface area contributed by atoms with Gasteiger partial charge in [-0.05, 0) is 82.6 Å². The molecule has 2 aromatic heterocycles. The minimum absolute atomic E-state index is 0.00554. The summed E-state index contributed by atoms with van der Waals surface area (Å²) in [5.74, 6) is -0.754. The molecule has 3 saturated carbocycles. The van der Waals surface area contributed by atoms with E-state index in [0.29, 0.717) is 5.82 Å². The van der Waals surface area contributed by atoms with E-state index in [2.05, 4.69) is 15.6 Å². The van der Waals surface area contributed by atoms with Crippen molar-refractivity contribution in [2.24, 2.45) is 5.92 Å². The number of hydrogen-bond acceptors (Lipinski definition) is 4. The van der Waals surface area contributed by atoms with Crippen LogP contribution in [0.3, 0.4) is 0 Å². The molecule has 3 aliphatic carbocycles. The van der Waals surface area contributed by atoms with Gasteiger partial charge < -0.3 is 10.6 Å². The van der Waals surface area contributed by atoms with Crippen LogP contribution in [0.5, 0.6) is 0 Å². The van der Waals surface area contributed by atoms with Crippen molar-refractivity contribution >= 4 is 22.8 Å². The Hall–Kier alpha value is -3.29. The fraction of sp³-hybridized carbons (Fsp3) is 0.423. The Labute approximate surface area is 196 Å². The van der Waals surface area contributed by atoms with Crippen molar-refractivity contribution in [3.8, 4) is 5.69 Å². The predicted octanol–water partition coefficient (Wildman–Crippen LogP) is 4.94. The molecule has 0 atom stereocenters. The first-order valence-corrected chi connectivity index (χ1v) is 11.9. The zero-order chi connectivity index (χ0) is 24.0. The Bertz CT molecular complexity index is 1310. The van der Waals surface area contributed by atoms with Crippen LogP contribution in [0.1, 0.15) is 62.7 Å². The molecular weight excluding hydrogens is 438 g/mol. The van der Waals surface area contributed by atoms with Gasteiger partial charge in [-0.3, -0.25) is 14.2 Å². The van der Waals surface area contributed by atoms with Crippen LogP contribution in [0.2, 0.25) is 0 Å². The van der Waals surface area contributed by atoms with Crippen molar-refractivity contribution in [2.75, 3.05) is 5.32 Å². The first-order valence-electron chi connectivity index (χ1n) is 11.9. The van der Waals surface area contributed by atoms with Gasteiger partial charge in [-0.25, -0.2) is 13.8 Å². The second kappa shape index (κ2) is 8.49. The molecule has 1 aromatic carbocycles. The molecule has 0 saturated heterocycles. The third-order valence-corrected chi connectivity index (χ3v) is 7.17. The lowest BCUT2D eigenvalue weighted by molar-refractivity contribution is 0.0713. The van der Waals surface area contributed by atoms with Crippen LogP contribution in [0.25, 0.3) is 16.7 Å². The standard InChI is InChI=1S/C26H28F2N4O2/c1-15(2)29-22-6-4-18-23(33)19(25(34)31-26-10-7-16(8-11-26)9-12-26)14-32(24(18)30-22)21-5-3-17(27)13-20(21)28/h3-6,13-16H,7-12H2,1-2H3,(H,29,30)(H,31,34). The molecule has 0 radical (unpaired) electrons. The molecule has 178 valence electrons. The van der Waals surface area contributed by atoms with Gasteiger partial charge in [-0.15, -0.1) is 0 Å². The van der Waals surface area contributed by atoms with Gasteiger partial charge in [0.25, 0.3) is 5.91 Å². The first-order chi connectivity index (χ1) is 16.2. The maximum atomic E-state index is 14.8. The summed E-state index contributed by atoms with van der Waals surface area (Å²) in [7, 11) is 0. The molecule has 6 nitrogen and oxygen atoms in total. The third kappa shape index (κ3) is 4.06. The van der Waals surface area contributed by atoms with Crippen molar-refractivity contribution in [2.45, 2.75) is 64.0 Å². The summed E-state index contributed by atoms with van der Waals surface area (Å²) < 4.78 is 29.8. The molecule has 0 spiro atoms. The van der Waals surface area contributed by atoms with E-state index in [0.717, 1.165) is 56.6 Å². The van der Waals surface area contributed by atoms with Gasteiger partial charge in [0.05, 0.1) is 11.1 Å². The molecule has 0 unspecified atom stereocenters. The van der Waals surface area contributed by atoms with Crippen LogP contribution in [0.4, 0.5) is 14.6 Å². The smallest absolute Gasteiger partial charge is 0.257 e. The van der Waals surface area contributed by atoms with E-state index < -0.39 is 23.0 Å². The topological polar surface area (TPSA) is 76.0 Å². The van der Waals surface area contributed by atoms with Crippen molar-refractivity contribution in [3.05, 3.63) is 63.9 Å². The molecule has 34 heavy (non-hydrogen) atoms. The minimum atomic E-state index is -0.815. The number of aromatic nitrogens is 2. The number of benzene rings is 1. The van der Waals surface area contributed by atoms with Crippen molar-refractivity contribution in [3.63, 3.8) is 0 Å². The number of nitrogens with one attached hydrogen (secondary N) is 2. The van der Waals surface area contributed by atoms with Gasteiger partial charge >= 0.3 is 0 Å². The van der Waals surface area contributed by atoms with E-state index >= 15 is 0 Å². The van der Waals surface area contributed by atoms with Gasteiger partial charge in [-0.2, -0.15) is 0 Å². The van der Waals surface area contributed by atoms with Crippen LogP contribution >= 0.6 is 0 Å². The molecule has 1 amide bonds. The average Bonchev–Trinajstić information content (AvgIpc) is 2.80. The van der Waals surface area contributed by atoms with E-state index in [1.165, 1.54) is 16.8 Å². The maximum Gasteiger partial charge on any atom is 0.257 e. The summed E-state index contributed by atoms with van der Waals surface area (Å²) in [5, 5.41) is 6.50. The Morgan fingerprint density at radius 1 is 1.12 bits per heavy atom. The zero-order valence-electron chi connectivity index (χ0n) is 19.3. The predicted molar refractivity (Wildman–Crippen MR) is 127 cm³/mol. The number of carbonyl (C=O) groups is 1. The molecule has 2 N–H and O–H groups in total.